The number of hydrogen-bond donors (Lipinski definition) is 1. The smallest absolute Gasteiger partial charge is 0.353 e. The van der Waals surface area contributed by atoms with Crippen molar-refractivity contribution in [3.63, 3.8) is 0 Å². The second-order valence-corrected chi connectivity index (χ2v) is 6.53. The van der Waals surface area contributed by atoms with Gasteiger partial charge in [0.2, 0.25) is 5.91 Å². The molecule has 1 aliphatic rings. The number of amides is 1. The molecule has 1 heterocycles. The maximum absolute atomic E-state index is 12.7. The highest BCUT2D eigenvalue weighted by Crippen LogP contribution is 2.37. The lowest BCUT2D eigenvalue weighted by molar-refractivity contribution is -0.184. The van der Waals surface area contributed by atoms with E-state index in [9.17, 15) is 22.8 Å². The van der Waals surface area contributed by atoms with E-state index in [2.05, 4.69) is 5.32 Å². The van der Waals surface area contributed by atoms with Crippen LogP contribution in [0.4, 0.5) is 13.2 Å². The first-order valence-electron chi connectivity index (χ1n) is 7.28. The van der Waals surface area contributed by atoms with Gasteiger partial charge in [0.05, 0.1) is 5.92 Å². The molecule has 0 aliphatic heterocycles. The average Bonchev–Trinajstić information content (AvgIpc) is 2.75. The van der Waals surface area contributed by atoms with Crippen LogP contribution >= 0.6 is 11.3 Å². The monoisotopic (exact) mass is 336 g/mol. The van der Waals surface area contributed by atoms with E-state index < -0.39 is 18.1 Å². The van der Waals surface area contributed by atoms with Crippen LogP contribution in [0.15, 0.2) is 10.2 Å². The van der Waals surface area contributed by atoms with Gasteiger partial charge >= 0.3 is 11.0 Å². The van der Waals surface area contributed by atoms with Crippen molar-refractivity contribution in [2.24, 2.45) is 5.92 Å². The van der Waals surface area contributed by atoms with Crippen LogP contribution < -0.4 is 10.2 Å². The van der Waals surface area contributed by atoms with E-state index in [0.717, 1.165) is 17.0 Å². The molecule has 2 rings (SSSR count). The molecule has 0 radical (unpaired) electrons. The van der Waals surface area contributed by atoms with Crippen molar-refractivity contribution in [2.75, 3.05) is 0 Å². The molecule has 1 fully saturated rings. The fourth-order valence-electron chi connectivity index (χ4n) is 2.81. The van der Waals surface area contributed by atoms with Gasteiger partial charge in [-0.05, 0) is 26.2 Å². The van der Waals surface area contributed by atoms with Crippen LogP contribution in [0.2, 0.25) is 0 Å². The summed E-state index contributed by atoms with van der Waals surface area (Å²) in [6, 6.07) is -0.423. The zero-order valence-electron chi connectivity index (χ0n) is 12.3. The van der Waals surface area contributed by atoms with Gasteiger partial charge in [-0.15, -0.1) is 0 Å². The Morgan fingerprint density at radius 2 is 2.18 bits per heavy atom. The van der Waals surface area contributed by atoms with Crippen molar-refractivity contribution < 1.29 is 18.0 Å². The maximum Gasteiger partial charge on any atom is 0.391 e. The lowest BCUT2D eigenvalue weighted by Gasteiger charge is -2.31. The van der Waals surface area contributed by atoms with Gasteiger partial charge in [-0.2, -0.15) is 13.2 Å². The summed E-state index contributed by atoms with van der Waals surface area (Å²) in [5.41, 5.74) is 0.789. The fourth-order valence-corrected chi connectivity index (χ4v) is 3.57. The number of halogens is 3. The minimum absolute atomic E-state index is 0.0489. The molecule has 2 atom stereocenters. The molecule has 124 valence electrons. The number of nitrogens with zero attached hydrogens (tertiary/aromatic N) is 1. The quantitative estimate of drug-likeness (QED) is 0.919. The summed E-state index contributed by atoms with van der Waals surface area (Å²) in [4.78, 5) is 23.3. The molecule has 0 aromatic carbocycles. The van der Waals surface area contributed by atoms with Crippen LogP contribution in [0.5, 0.6) is 0 Å². The first-order valence-corrected chi connectivity index (χ1v) is 8.16. The minimum Gasteiger partial charge on any atom is -0.353 e. The van der Waals surface area contributed by atoms with Crippen molar-refractivity contribution in [2.45, 2.75) is 57.8 Å². The Balaban J connectivity index is 1.83. The second-order valence-electron chi connectivity index (χ2n) is 5.71. The van der Waals surface area contributed by atoms with Crippen molar-refractivity contribution in [1.29, 1.82) is 0 Å². The molecule has 1 aliphatic carbocycles. The fraction of sp³-hybridized carbons (Fsp3) is 0.714. The number of rotatable bonds is 4. The third-order valence-electron chi connectivity index (χ3n) is 4.04. The Bertz CT molecular complexity index is 579. The minimum atomic E-state index is -4.19. The SMILES string of the molecule is Cc1csc(=O)n1CCC(=O)N[C@@H]1CCC[C@H](C(F)(F)F)C1. The van der Waals surface area contributed by atoms with Crippen molar-refractivity contribution in [3.05, 3.63) is 20.7 Å². The highest BCUT2D eigenvalue weighted by molar-refractivity contribution is 7.07. The lowest BCUT2D eigenvalue weighted by Crippen LogP contribution is -2.41. The lowest BCUT2D eigenvalue weighted by atomic mass is 9.85. The molecule has 22 heavy (non-hydrogen) atoms. The summed E-state index contributed by atoms with van der Waals surface area (Å²) >= 11 is 1.07. The van der Waals surface area contributed by atoms with E-state index in [4.69, 9.17) is 0 Å². The zero-order valence-corrected chi connectivity index (χ0v) is 13.1. The second kappa shape index (κ2) is 6.85. The number of hydrogen-bond acceptors (Lipinski definition) is 3. The van der Waals surface area contributed by atoms with Gasteiger partial charge in [0.25, 0.3) is 0 Å². The van der Waals surface area contributed by atoms with Crippen LogP contribution in [0.3, 0.4) is 0 Å². The molecular formula is C14H19F3N2O2S. The van der Waals surface area contributed by atoms with Gasteiger partial charge in [-0.3, -0.25) is 9.59 Å². The molecule has 1 saturated carbocycles. The number of thiazole rings is 1. The zero-order chi connectivity index (χ0) is 16.3. The van der Waals surface area contributed by atoms with Crippen LogP contribution in [0.1, 0.15) is 37.8 Å². The number of aryl methyl sites for hydroxylation is 1. The predicted molar refractivity (Wildman–Crippen MR) is 77.9 cm³/mol. The summed E-state index contributed by atoms with van der Waals surface area (Å²) < 4.78 is 39.7. The van der Waals surface area contributed by atoms with Gasteiger partial charge in [-0.1, -0.05) is 17.8 Å². The molecule has 4 nitrogen and oxygen atoms in total. The average molecular weight is 336 g/mol. The van der Waals surface area contributed by atoms with Gasteiger partial charge < -0.3 is 9.88 Å². The van der Waals surface area contributed by atoms with Crippen molar-refractivity contribution in [3.8, 4) is 0 Å². The third kappa shape index (κ3) is 4.34. The first-order chi connectivity index (χ1) is 10.3. The van der Waals surface area contributed by atoms with Crippen LogP contribution in [0.25, 0.3) is 0 Å². The van der Waals surface area contributed by atoms with Gasteiger partial charge in [0.15, 0.2) is 0 Å². The normalized spacial score (nSPS) is 22.5. The summed E-state index contributed by atoms with van der Waals surface area (Å²) in [5, 5.41) is 4.39. The number of nitrogens with one attached hydrogen (secondary N) is 1. The molecule has 1 amide bonds. The van der Waals surface area contributed by atoms with Crippen LogP contribution in [-0.4, -0.2) is 22.7 Å². The molecule has 0 bridgehead atoms. The van der Waals surface area contributed by atoms with E-state index in [1.54, 1.807) is 12.3 Å². The summed E-state index contributed by atoms with van der Waals surface area (Å²) in [7, 11) is 0. The van der Waals surface area contributed by atoms with Crippen molar-refractivity contribution in [1.82, 2.24) is 9.88 Å². The molecule has 0 saturated heterocycles. The Labute approximate surface area is 130 Å². The number of carbonyl (C=O) groups excluding carboxylic acids is 1. The predicted octanol–water partition coefficient (Wildman–Crippen LogP) is 2.85. The highest BCUT2D eigenvalue weighted by atomic mass is 32.1. The summed E-state index contributed by atoms with van der Waals surface area (Å²) in [5.74, 6) is -1.63. The van der Waals surface area contributed by atoms with E-state index in [1.165, 1.54) is 4.57 Å². The topological polar surface area (TPSA) is 51.1 Å². The summed E-state index contributed by atoms with van der Waals surface area (Å²) in [6.07, 6.45) is -2.95. The molecule has 1 aromatic rings. The first kappa shape index (κ1) is 17.1. The van der Waals surface area contributed by atoms with Gasteiger partial charge in [0, 0.05) is 30.1 Å². The molecule has 8 heteroatoms. The number of alkyl halides is 3. The summed E-state index contributed by atoms with van der Waals surface area (Å²) in [6.45, 7) is 2.04. The molecular weight excluding hydrogens is 317 g/mol. The standard InChI is InChI=1S/C14H19F3N2O2S/c1-9-8-22-13(21)19(9)6-5-12(20)18-11-4-2-3-10(7-11)14(15,16)17/h8,10-11H,2-7H2,1H3,(H,18,20)/t10-,11+/m0/s1. The molecule has 0 spiro atoms. The van der Waals surface area contributed by atoms with E-state index >= 15 is 0 Å². The maximum atomic E-state index is 12.7. The van der Waals surface area contributed by atoms with E-state index in [0.29, 0.717) is 12.8 Å². The van der Waals surface area contributed by atoms with E-state index in [-0.39, 0.29) is 36.6 Å². The third-order valence-corrected chi connectivity index (χ3v) is 4.92. The van der Waals surface area contributed by atoms with Gasteiger partial charge in [0.1, 0.15) is 0 Å². The number of aromatic nitrogens is 1. The Hall–Kier alpha value is -1.31. The Kier molecular flexibility index (Phi) is 5.31. The molecule has 1 N–H and O–H groups in total. The van der Waals surface area contributed by atoms with Crippen LogP contribution in [0, 0.1) is 12.8 Å². The molecule has 1 aromatic heterocycles. The van der Waals surface area contributed by atoms with Gasteiger partial charge in [-0.25, -0.2) is 0 Å². The van der Waals surface area contributed by atoms with E-state index in [1.807, 2.05) is 0 Å². The Morgan fingerprint density at radius 3 is 2.77 bits per heavy atom. The highest BCUT2D eigenvalue weighted by Gasteiger charge is 2.42. The largest absolute Gasteiger partial charge is 0.391 e. The van der Waals surface area contributed by atoms with Crippen LogP contribution in [-0.2, 0) is 11.3 Å². The van der Waals surface area contributed by atoms with Crippen molar-refractivity contribution >= 4 is 17.2 Å². The Morgan fingerprint density at radius 1 is 1.45 bits per heavy atom. The number of carbonyl (C=O) groups is 1. The molecule has 0 unspecified atom stereocenters.